The summed E-state index contributed by atoms with van der Waals surface area (Å²) in [6.07, 6.45) is 3.56. The molecule has 1 aromatic carbocycles. The van der Waals surface area contributed by atoms with Gasteiger partial charge in [0.2, 0.25) is 0 Å². The largest absolute Gasteiger partial charge is 0.513 e. The van der Waals surface area contributed by atoms with E-state index in [2.05, 4.69) is 25.1 Å². The van der Waals surface area contributed by atoms with E-state index in [1.807, 2.05) is 12.1 Å². The number of benzene rings is 1. The van der Waals surface area contributed by atoms with Crippen LogP contribution in [0.15, 0.2) is 40.9 Å². The van der Waals surface area contributed by atoms with Crippen LogP contribution in [-0.2, 0) is 11.3 Å². The molecule has 198 valence electrons. The average molecular weight is 556 g/mol. The minimum absolute atomic E-state index is 0.0891. The third kappa shape index (κ3) is 5.27. The zero-order valence-electron chi connectivity index (χ0n) is 20.7. The molecule has 0 bridgehead atoms. The van der Waals surface area contributed by atoms with Crippen LogP contribution in [0.4, 0.5) is 4.79 Å². The number of thiophene rings is 1. The number of fused-ring (bicyclic) bond motifs is 1. The highest BCUT2D eigenvalue weighted by Gasteiger charge is 2.32. The Hall–Kier alpha value is -3.41. The second-order valence-corrected chi connectivity index (χ2v) is 11.2. The van der Waals surface area contributed by atoms with Crippen LogP contribution in [0.2, 0.25) is 4.34 Å². The number of amides is 1. The summed E-state index contributed by atoms with van der Waals surface area (Å²) in [5.74, 6) is 0.863. The Labute approximate surface area is 227 Å². The van der Waals surface area contributed by atoms with Crippen LogP contribution in [0.3, 0.4) is 0 Å². The van der Waals surface area contributed by atoms with Crippen LogP contribution in [0.1, 0.15) is 42.0 Å². The topological polar surface area (TPSA) is 112 Å². The van der Waals surface area contributed by atoms with Crippen LogP contribution in [0.5, 0.6) is 5.75 Å². The average Bonchev–Trinajstić information content (AvgIpc) is 3.33. The SMILES string of the molecule is COC(=O)Oc1ccc2nc(C(=O)NC3CCN(C4CC4)CC3)n(Cc3cc(-c4ccc(Cl)s4)on3)c2c1. The molecule has 1 N–H and O–H groups in total. The Kier molecular flexibility index (Phi) is 6.81. The molecule has 2 fully saturated rings. The molecule has 4 heterocycles. The molecule has 10 nitrogen and oxygen atoms in total. The molecule has 4 aromatic rings. The van der Waals surface area contributed by atoms with Crippen molar-refractivity contribution < 1.29 is 23.6 Å². The van der Waals surface area contributed by atoms with Gasteiger partial charge in [-0.25, -0.2) is 9.78 Å². The van der Waals surface area contributed by atoms with Crippen molar-refractivity contribution in [3.63, 3.8) is 0 Å². The van der Waals surface area contributed by atoms with E-state index in [-0.39, 0.29) is 30.1 Å². The highest BCUT2D eigenvalue weighted by atomic mass is 35.5. The smallest absolute Gasteiger partial charge is 0.437 e. The van der Waals surface area contributed by atoms with E-state index in [1.165, 1.54) is 31.3 Å². The molecule has 1 saturated heterocycles. The fourth-order valence-corrected chi connectivity index (χ4v) is 5.84. The lowest BCUT2D eigenvalue weighted by Crippen LogP contribution is -2.45. The van der Waals surface area contributed by atoms with E-state index in [0.29, 0.717) is 26.8 Å². The number of methoxy groups -OCH3 is 1. The normalized spacial score (nSPS) is 16.6. The zero-order chi connectivity index (χ0) is 26.2. The first-order valence-electron chi connectivity index (χ1n) is 12.5. The summed E-state index contributed by atoms with van der Waals surface area (Å²) in [5, 5.41) is 7.39. The van der Waals surface area contributed by atoms with Crippen molar-refractivity contribution in [2.45, 2.75) is 44.3 Å². The lowest BCUT2D eigenvalue weighted by atomic mass is 10.0. The van der Waals surface area contributed by atoms with E-state index in [9.17, 15) is 9.59 Å². The quantitative estimate of drug-likeness (QED) is 0.252. The number of piperidine rings is 1. The number of nitrogens with one attached hydrogen (secondary N) is 1. The highest BCUT2D eigenvalue weighted by molar-refractivity contribution is 7.19. The predicted octanol–water partition coefficient (Wildman–Crippen LogP) is 4.96. The van der Waals surface area contributed by atoms with Gasteiger partial charge in [-0.3, -0.25) is 4.79 Å². The summed E-state index contributed by atoms with van der Waals surface area (Å²) in [7, 11) is 1.24. The summed E-state index contributed by atoms with van der Waals surface area (Å²) < 4.78 is 17.8. The van der Waals surface area contributed by atoms with Gasteiger partial charge in [-0.15, -0.1) is 11.3 Å². The Balaban J connectivity index is 1.28. The van der Waals surface area contributed by atoms with Crippen molar-refractivity contribution in [1.82, 2.24) is 24.9 Å². The molecule has 0 spiro atoms. The van der Waals surface area contributed by atoms with Gasteiger partial charge in [0.1, 0.15) is 11.4 Å². The number of rotatable bonds is 7. The molecule has 0 atom stereocenters. The summed E-state index contributed by atoms with van der Waals surface area (Å²) in [6.45, 7) is 2.22. The Morgan fingerprint density at radius 1 is 1.16 bits per heavy atom. The standard InChI is InChI=1S/C26H26ClN5O5S/c1-35-26(34)36-18-4-5-19-20(13-18)32(14-16-12-21(37-30-16)22-6-7-23(27)38-22)24(29-19)25(33)28-15-8-10-31(11-9-15)17-2-3-17/h4-7,12-13,15,17H,2-3,8-11,14H2,1H3,(H,28,33). The number of nitrogens with zero attached hydrogens (tertiary/aromatic N) is 4. The van der Waals surface area contributed by atoms with Gasteiger partial charge in [-0.2, -0.15) is 0 Å². The fourth-order valence-electron chi connectivity index (χ4n) is 4.85. The van der Waals surface area contributed by atoms with Crippen LogP contribution < -0.4 is 10.1 Å². The van der Waals surface area contributed by atoms with Gasteiger partial charge in [-0.1, -0.05) is 16.8 Å². The molecule has 1 saturated carbocycles. The second-order valence-electron chi connectivity index (χ2n) is 9.53. The molecule has 2 aliphatic rings. The summed E-state index contributed by atoms with van der Waals surface area (Å²) >= 11 is 7.47. The maximum absolute atomic E-state index is 13.5. The molecule has 3 aromatic heterocycles. The molecule has 1 amide bonds. The van der Waals surface area contributed by atoms with Gasteiger partial charge in [0, 0.05) is 37.3 Å². The van der Waals surface area contributed by atoms with Crippen LogP contribution >= 0.6 is 22.9 Å². The van der Waals surface area contributed by atoms with E-state index in [0.717, 1.165) is 36.9 Å². The number of likely N-dealkylation sites (tertiary alicyclic amines) is 1. The van der Waals surface area contributed by atoms with Gasteiger partial charge in [0.15, 0.2) is 11.6 Å². The predicted molar refractivity (Wildman–Crippen MR) is 142 cm³/mol. The van der Waals surface area contributed by atoms with Crippen molar-refractivity contribution in [3.8, 4) is 16.4 Å². The van der Waals surface area contributed by atoms with E-state index in [1.54, 1.807) is 28.8 Å². The van der Waals surface area contributed by atoms with Gasteiger partial charge in [0.05, 0.1) is 33.9 Å². The Morgan fingerprint density at radius 3 is 2.68 bits per heavy atom. The number of ether oxygens (including phenoxy) is 2. The first-order valence-corrected chi connectivity index (χ1v) is 13.7. The molecule has 0 unspecified atom stereocenters. The lowest BCUT2D eigenvalue weighted by Gasteiger charge is -2.32. The second kappa shape index (κ2) is 10.4. The third-order valence-electron chi connectivity index (χ3n) is 6.91. The van der Waals surface area contributed by atoms with Gasteiger partial charge in [-0.05, 0) is 49.9 Å². The van der Waals surface area contributed by atoms with Crippen molar-refractivity contribution in [2.75, 3.05) is 20.2 Å². The summed E-state index contributed by atoms with van der Waals surface area (Å²) in [4.78, 5) is 33.2. The van der Waals surface area contributed by atoms with Crippen LogP contribution in [0, 0.1) is 0 Å². The van der Waals surface area contributed by atoms with Crippen LogP contribution in [-0.4, -0.2) is 64.0 Å². The number of hydrogen-bond donors (Lipinski definition) is 1. The molecule has 0 radical (unpaired) electrons. The van der Waals surface area contributed by atoms with Gasteiger partial charge < -0.3 is 28.8 Å². The molecule has 12 heteroatoms. The number of imidazole rings is 1. The number of halogens is 1. The van der Waals surface area contributed by atoms with E-state index >= 15 is 0 Å². The van der Waals surface area contributed by atoms with E-state index < -0.39 is 6.16 Å². The maximum atomic E-state index is 13.5. The number of aromatic nitrogens is 3. The minimum atomic E-state index is -0.832. The third-order valence-corrected chi connectivity index (χ3v) is 8.16. The van der Waals surface area contributed by atoms with Crippen molar-refractivity contribution in [3.05, 3.63) is 52.3 Å². The maximum Gasteiger partial charge on any atom is 0.513 e. The highest BCUT2D eigenvalue weighted by Crippen LogP contribution is 2.32. The fraction of sp³-hybridized carbons (Fsp3) is 0.385. The molecule has 38 heavy (non-hydrogen) atoms. The Morgan fingerprint density at radius 2 is 1.97 bits per heavy atom. The summed E-state index contributed by atoms with van der Waals surface area (Å²) in [6, 6.07) is 11.3. The monoisotopic (exact) mass is 555 g/mol. The Bertz CT molecular complexity index is 1480. The molecular formula is C26H26ClN5O5S. The molecular weight excluding hydrogens is 530 g/mol. The number of carbonyl (C=O) groups is 2. The number of hydrogen-bond acceptors (Lipinski definition) is 9. The van der Waals surface area contributed by atoms with Crippen molar-refractivity contribution in [1.29, 1.82) is 0 Å². The lowest BCUT2D eigenvalue weighted by molar-refractivity contribution is 0.0895. The molecule has 6 rings (SSSR count). The molecule has 1 aliphatic heterocycles. The number of carbonyl (C=O) groups excluding carboxylic acids is 2. The van der Waals surface area contributed by atoms with Gasteiger partial charge >= 0.3 is 6.16 Å². The van der Waals surface area contributed by atoms with Crippen molar-refractivity contribution >= 4 is 46.0 Å². The molecule has 1 aliphatic carbocycles. The van der Waals surface area contributed by atoms with Crippen molar-refractivity contribution in [2.24, 2.45) is 0 Å². The first-order chi connectivity index (χ1) is 18.5. The minimum Gasteiger partial charge on any atom is -0.437 e. The zero-order valence-corrected chi connectivity index (χ0v) is 22.3. The first kappa shape index (κ1) is 24.9. The van der Waals surface area contributed by atoms with Crippen LogP contribution in [0.25, 0.3) is 21.7 Å². The van der Waals surface area contributed by atoms with E-state index in [4.69, 9.17) is 20.9 Å². The van der Waals surface area contributed by atoms with Gasteiger partial charge in [0.25, 0.3) is 5.91 Å². The summed E-state index contributed by atoms with van der Waals surface area (Å²) in [5.41, 5.74) is 1.81.